The summed E-state index contributed by atoms with van der Waals surface area (Å²) in [7, 11) is 0. The highest BCUT2D eigenvalue weighted by Crippen LogP contribution is 2.31. The number of pyridine rings is 1. The predicted molar refractivity (Wildman–Crippen MR) is 81.5 cm³/mol. The zero-order valence-corrected chi connectivity index (χ0v) is 12.3. The molecule has 0 aliphatic heterocycles. The number of hydrogen-bond donors (Lipinski definition) is 3. The highest BCUT2D eigenvalue weighted by molar-refractivity contribution is 5.83. The SMILES string of the molecule is Cc1cc(NC(=O)O)nc(C)c1-c1cccc(CO)c1C. The first kappa shape index (κ1) is 15.0. The standard InChI is InChI=1S/C16H18N2O3/c1-9-7-14(18-16(20)21)17-11(3)15(9)13-6-4-5-12(8-19)10(13)2/h4-7,19H,8H2,1-3H3,(H,17,18)(H,20,21). The summed E-state index contributed by atoms with van der Waals surface area (Å²) in [5.74, 6) is 0.317. The summed E-state index contributed by atoms with van der Waals surface area (Å²) in [6, 6.07) is 7.48. The lowest BCUT2D eigenvalue weighted by atomic mass is 9.93. The molecule has 5 heteroatoms. The molecule has 2 rings (SSSR count). The monoisotopic (exact) mass is 286 g/mol. The highest BCUT2D eigenvalue weighted by Gasteiger charge is 2.13. The van der Waals surface area contributed by atoms with Gasteiger partial charge in [0.2, 0.25) is 0 Å². The minimum absolute atomic E-state index is 0.0101. The summed E-state index contributed by atoms with van der Waals surface area (Å²) in [6.07, 6.45) is -1.13. The van der Waals surface area contributed by atoms with Crippen LogP contribution in [0.3, 0.4) is 0 Å². The van der Waals surface area contributed by atoms with E-state index in [9.17, 15) is 9.90 Å². The third-order valence-corrected chi connectivity index (χ3v) is 3.52. The van der Waals surface area contributed by atoms with Gasteiger partial charge in [-0.05, 0) is 49.1 Å². The number of carbonyl (C=O) groups is 1. The number of benzene rings is 1. The zero-order chi connectivity index (χ0) is 15.6. The lowest BCUT2D eigenvalue weighted by molar-refractivity contribution is 0.209. The average molecular weight is 286 g/mol. The zero-order valence-electron chi connectivity index (χ0n) is 12.3. The van der Waals surface area contributed by atoms with E-state index in [2.05, 4.69) is 10.3 Å². The van der Waals surface area contributed by atoms with Crippen LogP contribution in [0.25, 0.3) is 11.1 Å². The molecule has 0 spiro atoms. The highest BCUT2D eigenvalue weighted by atomic mass is 16.4. The molecule has 0 atom stereocenters. The molecule has 3 N–H and O–H groups in total. The Morgan fingerprint density at radius 1 is 1.29 bits per heavy atom. The van der Waals surface area contributed by atoms with Gasteiger partial charge >= 0.3 is 6.09 Å². The lowest BCUT2D eigenvalue weighted by Gasteiger charge is -2.15. The van der Waals surface area contributed by atoms with Crippen LogP contribution >= 0.6 is 0 Å². The van der Waals surface area contributed by atoms with Crippen LogP contribution in [0.15, 0.2) is 24.3 Å². The average Bonchev–Trinajstić information content (AvgIpc) is 2.39. The van der Waals surface area contributed by atoms with Crippen molar-refractivity contribution in [3.8, 4) is 11.1 Å². The Balaban J connectivity index is 2.57. The number of aliphatic hydroxyl groups is 1. The summed E-state index contributed by atoms with van der Waals surface area (Å²) in [6.45, 7) is 5.72. The maximum atomic E-state index is 10.7. The van der Waals surface area contributed by atoms with E-state index in [1.165, 1.54) is 0 Å². The number of rotatable bonds is 3. The molecule has 0 fully saturated rings. The van der Waals surface area contributed by atoms with Gasteiger partial charge in [-0.2, -0.15) is 0 Å². The molecule has 1 amide bonds. The Kier molecular flexibility index (Phi) is 4.23. The number of nitrogens with one attached hydrogen (secondary N) is 1. The van der Waals surface area contributed by atoms with Crippen LogP contribution in [0.1, 0.15) is 22.4 Å². The van der Waals surface area contributed by atoms with E-state index in [1.807, 2.05) is 39.0 Å². The van der Waals surface area contributed by atoms with E-state index in [1.54, 1.807) is 6.07 Å². The molecule has 0 saturated heterocycles. The molecule has 110 valence electrons. The molecule has 0 bridgehead atoms. The number of aliphatic hydroxyl groups excluding tert-OH is 1. The lowest BCUT2D eigenvalue weighted by Crippen LogP contribution is -2.10. The Hall–Kier alpha value is -2.40. The molecule has 5 nitrogen and oxygen atoms in total. The minimum Gasteiger partial charge on any atom is -0.465 e. The van der Waals surface area contributed by atoms with Crippen LogP contribution in [0.4, 0.5) is 10.6 Å². The van der Waals surface area contributed by atoms with Gasteiger partial charge in [-0.25, -0.2) is 9.78 Å². The van der Waals surface area contributed by atoms with Gasteiger partial charge in [0.05, 0.1) is 6.61 Å². The van der Waals surface area contributed by atoms with Crippen LogP contribution in [-0.4, -0.2) is 21.3 Å². The van der Waals surface area contributed by atoms with Gasteiger partial charge in [-0.1, -0.05) is 18.2 Å². The van der Waals surface area contributed by atoms with Crippen molar-refractivity contribution in [1.82, 2.24) is 4.98 Å². The maximum Gasteiger partial charge on any atom is 0.410 e. The summed E-state index contributed by atoms with van der Waals surface area (Å²) in [4.78, 5) is 15.0. The second-order valence-electron chi connectivity index (χ2n) is 4.96. The topological polar surface area (TPSA) is 82.5 Å². The third-order valence-electron chi connectivity index (χ3n) is 3.52. The fourth-order valence-electron chi connectivity index (χ4n) is 2.54. The molecule has 0 radical (unpaired) electrons. The van der Waals surface area contributed by atoms with Crippen molar-refractivity contribution >= 4 is 11.9 Å². The van der Waals surface area contributed by atoms with Gasteiger partial charge in [-0.15, -0.1) is 0 Å². The Labute approximate surface area is 123 Å². The summed E-state index contributed by atoms with van der Waals surface area (Å²) in [5, 5.41) is 20.4. The second kappa shape index (κ2) is 5.93. The normalized spacial score (nSPS) is 10.5. The summed E-state index contributed by atoms with van der Waals surface area (Å²) < 4.78 is 0. The predicted octanol–water partition coefficient (Wildman–Crippen LogP) is 3.26. The van der Waals surface area contributed by atoms with Crippen LogP contribution in [0, 0.1) is 20.8 Å². The molecular weight excluding hydrogens is 268 g/mol. The molecule has 0 saturated carbocycles. The second-order valence-corrected chi connectivity index (χ2v) is 4.96. The van der Waals surface area contributed by atoms with Gasteiger partial charge < -0.3 is 10.2 Å². The van der Waals surface area contributed by atoms with Gasteiger partial charge in [-0.3, -0.25) is 5.32 Å². The van der Waals surface area contributed by atoms with Crippen LogP contribution in [0.2, 0.25) is 0 Å². The van der Waals surface area contributed by atoms with Crippen molar-refractivity contribution in [2.24, 2.45) is 0 Å². The number of anilines is 1. The van der Waals surface area contributed by atoms with E-state index in [0.29, 0.717) is 5.82 Å². The number of hydrogen-bond acceptors (Lipinski definition) is 3. The van der Waals surface area contributed by atoms with Crippen molar-refractivity contribution in [3.63, 3.8) is 0 Å². The molecule has 2 aromatic rings. The van der Waals surface area contributed by atoms with Crippen molar-refractivity contribution in [2.75, 3.05) is 5.32 Å². The van der Waals surface area contributed by atoms with Gasteiger partial charge in [0, 0.05) is 11.3 Å². The number of nitrogens with zero attached hydrogens (tertiary/aromatic N) is 1. The fraction of sp³-hybridized carbons (Fsp3) is 0.250. The van der Waals surface area contributed by atoms with E-state index >= 15 is 0 Å². The molecule has 1 heterocycles. The summed E-state index contributed by atoms with van der Waals surface area (Å²) in [5.41, 5.74) is 5.54. The van der Waals surface area contributed by atoms with Crippen molar-refractivity contribution < 1.29 is 15.0 Å². The first-order valence-electron chi connectivity index (χ1n) is 6.62. The van der Waals surface area contributed by atoms with Crippen molar-refractivity contribution in [1.29, 1.82) is 0 Å². The minimum atomic E-state index is -1.13. The van der Waals surface area contributed by atoms with Crippen molar-refractivity contribution in [3.05, 3.63) is 46.6 Å². The molecule has 1 aromatic carbocycles. The number of amides is 1. The fourth-order valence-corrected chi connectivity index (χ4v) is 2.54. The smallest absolute Gasteiger partial charge is 0.410 e. The van der Waals surface area contributed by atoms with Crippen LogP contribution < -0.4 is 5.32 Å². The Bertz CT molecular complexity index is 673. The number of aromatic nitrogens is 1. The molecule has 1 aromatic heterocycles. The van der Waals surface area contributed by atoms with E-state index in [4.69, 9.17) is 5.11 Å². The van der Waals surface area contributed by atoms with Gasteiger partial charge in [0.25, 0.3) is 0 Å². The Morgan fingerprint density at radius 2 is 2.00 bits per heavy atom. The molecule has 0 unspecified atom stereocenters. The van der Waals surface area contributed by atoms with Crippen molar-refractivity contribution in [2.45, 2.75) is 27.4 Å². The van der Waals surface area contributed by atoms with E-state index in [0.717, 1.165) is 33.5 Å². The third kappa shape index (κ3) is 3.03. The first-order valence-corrected chi connectivity index (χ1v) is 6.62. The molecule has 0 aliphatic carbocycles. The largest absolute Gasteiger partial charge is 0.465 e. The first-order chi connectivity index (χ1) is 9.93. The Morgan fingerprint density at radius 3 is 2.57 bits per heavy atom. The van der Waals surface area contributed by atoms with E-state index < -0.39 is 6.09 Å². The van der Waals surface area contributed by atoms with E-state index in [-0.39, 0.29) is 6.61 Å². The quantitative estimate of drug-likeness (QED) is 0.808. The number of aryl methyl sites for hydroxylation is 2. The van der Waals surface area contributed by atoms with Gasteiger partial charge in [0.1, 0.15) is 5.82 Å². The van der Waals surface area contributed by atoms with Crippen LogP contribution in [-0.2, 0) is 6.61 Å². The number of carboxylic acid groups (broad SMARTS) is 1. The molecular formula is C16H18N2O3. The molecule has 21 heavy (non-hydrogen) atoms. The molecule has 0 aliphatic rings. The van der Waals surface area contributed by atoms with Crippen LogP contribution in [0.5, 0.6) is 0 Å². The summed E-state index contributed by atoms with van der Waals surface area (Å²) >= 11 is 0. The van der Waals surface area contributed by atoms with Gasteiger partial charge in [0.15, 0.2) is 0 Å². The maximum absolute atomic E-state index is 10.7.